The number of nitrogens with two attached hydrogens (primary N) is 2. The molecule has 0 unspecified atom stereocenters. The Balaban J connectivity index is 1.98. The first kappa shape index (κ1) is 25.1. The quantitative estimate of drug-likeness (QED) is 0.461. The summed E-state index contributed by atoms with van der Waals surface area (Å²) in [6.07, 6.45) is 0.953. The molecule has 0 fully saturated rings. The first-order chi connectivity index (χ1) is 16.2. The summed E-state index contributed by atoms with van der Waals surface area (Å²) >= 11 is 0. The fourth-order valence-corrected chi connectivity index (χ4v) is 4.04. The van der Waals surface area contributed by atoms with Gasteiger partial charge in [-0.3, -0.25) is 9.78 Å². The van der Waals surface area contributed by atoms with Crippen molar-refractivity contribution >= 4 is 11.9 Å². The van der Waals surface area contributed by atoms with Gasteiger partial charge in [-0.1, -0.05) is 67.9 Å². The minimum atomic E-state index is -0.437. The monoisotopic (exact) mass is 459 g/mol. The van der Waals surface area contributed by atoms with Gasteiger partial charge in [0.05, 0.1) is 17.7 Å². The summed E-state index contributed by atoms with van der Waals surface area (Å²) in [5.74, 6) is -0.423. The maximum atomic E-state index is 13.3. The summed E-state index contributed by atoms with van der Waals surface area (Å²) in [5, 5.41) is 0. The minimum Gasteiger partial charge on any atom is -0.457 e. The molecular weight excluding hydrogens is 426 g/mol. The highest BCUT2D eigenvalue weighted by Gasteiger charge is 2.24. The Morgan fingerprint density at radius 1 is 0.971 bits per heavy atom. The number of ether oxygens (including phenoxy) is 1. The number of aryl methyl sites for hydroxylation is 2. The van der Waals surface area contributed by atoms with Crippen LogP contribution in [0.5, 0.6) is 0 Å². The number of carbonyl (C=O) groups is 2. The number of aromatic nitrogens is 1. The molecule has 0 aliphatic carbocycles. The van der Waals surface area contributed by atoms with Crippen molar-refractivity contribution < 1.29 is 14.3 Å². The highest BCUT2D eigenvalue weighted by Crippen LogP contribution is 2.33. The van der Waals surface area contributed by atoms with Crippen LogP contribution in [-0.2, 0) is 35.5 Å². The van der Waals surface area contributed by atoms with Crippen LogP contribution in [-0.4, -0.2) is 16.9 Å². The molecule has 0 aliphatic rings. The molecule has 0 spiro atoms. The van der Waals surface area contributed by atoms with Gasteiger partial charge in [0.1, 0.15) is 6.61 Å². The molecule has 3 rings (SSSR count). The number of amides is 1. The second kappa shape index (κ2) is 11.1. The van der Waals surface area contributed by atoms with Crippen molar-refractivity contribution in [3.63, 3.8) is 0 Å². The molecule has 0 bridgehead atoms. The molecular formula is C28H33N3O3. The normalized spacial score (nSPS) is 11.0. The zero-order valence-corrected chi connectivity index (χ0v) is 20.4. The Hall–Kier alpha value is -3.51. The molecule has 0 saturated carbocycles. The lowest BCUT2D eigenvalue weighted by atomic mass is 9.90. The molecule has 1 heterocycles. The van der Waals surface area contributed by atoms with E-state index in [1.807, 2.05) is 62.4 Å². The van der Waals surface area contributed by atoms with Gasteiger partial charge >= 0.3 is 5.97 Å². The van der Waals surface area contributed by atoms with Gasteiger partial charge < -0.3 is 16.2 Å². The summed E-state index contributed by atoms with van der Waals surface area (Å²) in [7, 11) is 0. The molecule has 2 aromatic carbocycles. The maximum absolute atomic E-state index is 13.3. The molecule has 0 atom stereocenters. The number of hydrogen-bond donors (Lipinski definition) is 2. The predicted octanol–water partition coefficient (Wildman–Crippen LogP) is 4.41. The van der Waals surface area contributed by atoms with Crippen LogP contribution in [0.15, 0.2) is 48.5 Å². The number of nitrogens with zero attached hydrogens (tertiary/aromatic N) is 1. The Morgan fingerprint density at radius 2 is 1.59 bits per heavy atom. The van der Waals surface area contributed by atoms with Gasteiger partial charge in [-0.2, -0.15) is 0 Å². The zero-order valence-electron chi connectivity index (χ0n) is 20.4. The van der Waals surface area contributed by atoms with Crippen LogP contribution in [0.2, 0.25) is 0 Å². The third-order valence-corrected chi connectivity index (χ3v) is 5.69. The molecule has 4 N–H and O–H groups in total. The average molecular weight is 460 g/mol. The highest BCUT2D eigenvalue weighted by atomic mass is 16.5. The van der Waals surface area contributed by atoms with Crippen molar-refractivity contribution in [3.8, 4) is 11.1 Å². The number of rotatable bonds is 9. The molecule has 0 saturated heterocycles. The molecule has 1 amide bonds. The summed E-state index contributed by atoms with van der Waals surface area (Å²) < 4.78 is 5.71. The Kier molecular flexibility index (Phi) is 8.18. The fourth-order valence-electron chi connectivity index (χ4n) is 4.04. The van der Waals surface area contributed by atoms with Crippen molar-refractivity contribution in [2.75, 3.05) is 0 Å². The molecule has 178 valence electrons. The Morgan fingerprint density at radius 3 is 2.15 bits per heavy atom. The Labute approximate surface area is 201 Å². The van der Waals surface area contributed by atoms with E-state index in [4.69, 9.17) is 21.2 Å². The largest absolute Gasteiger partial charge is 0.457 e. The predicted molar refractivity (Wildman–Crippen MR) is 134 cm³/mol. The van der Waals surface area contributed by atoms with Crippen LogP contribution in [0.1, 0.15) is 57.8 Å². The number of primary amides is 1. The molecule has 0 aliphatic heterocycles. The van der Waals surface area contributed by atoms with Crippen molar-refractivity contribution in [1.29, 1.82) is 0 Å². The van der Waals surface area contributed by atoms with Crippen LogP contribution in [0, 0.1) is 19.8 Å². The lowest BCUT2D eigenvalue weighted by molar-refractivity contribution is -0.117. The van der Waals surface area contributed by atoms with E-state index in [9.17, 15) is 9.59 Å². The van der Waals surface area contributed by atoms with Gasteiger partial charge in [0, 0.05) is 17.8 Å². The summed E-state index contributed by atoms with van der Waals surface area (Å²) in [5.41, 5.74) is 18.8. The van der Waals surface area contributed by atoms with E-state index in [1.165, 1.54) is 0 Å². The lowest BCUT2D eigenvalue weighted by Crippen LogP contribution is -2.17. The van der Waals surface area contributed by atoms with Crippen molar-refractivity contribution in [3.05, 3.63) is 87.7 Å². The van der Waals surface area contributed by atoms with E-state index in [0.29, 0.717) is 17.2 Å². The van der Waals surface area contributed by atoms with Gasteiger partial charge in [-0.25, -0.2) is 4.79 Å². The molecule has 6 nitrogen and oxygen atoms in total. The number of carbonyl (C=O) groups excluding carboxylic acids is 2. The second-order valence-corrected chi connectivity index (χ2v) is 9.08. The third-order valence-electron chi connectivity index (χ3n) is 5.69. The van der Waals surface area contributed by atoms with E-state index in [0.717, 1.165) is 45.5 Å². The van der Waals surface area contributed by atoms with Crippen LogP contribution < -0.4 is 11.5 Å². The number of esters is 1. The molecule has 6 heteroatoms. The van der Waals surface area contributed by atoms with Gasteiger partial charge in [0.15, 0.2) is 0 Å². The first-order valence-corrected chi connectivity index (χ1v) is 11.5. The standard InChI is InChI=1S/C28H33N3O3/c1-17(2)13-24-23(15-29)27(22-11-5-18(3)6-12-22)26(19(4)31-24)28(33)34-16-21-9-7-20(8-10-21)14-25(30)32/h5-12,17H,13-16,29H2,1-4H3,(H2,30,32). The van der Waals surface area contributed by atoms with E-state index >= 15 is 0 Å². The minimum absolute atomic E-state index is 0.105. The van der Waals surface area contributed by atoms with Gasteiger partial charge in [-0.05, 0) is 48.4 Å². The van der Waals surface area contributed by atoms with Crippen LogP contribution >= 0.6 is 0 Å². The van der Waals surface area contributed by atoms with Crippen molar-refractivity contribution in [2.45, 2.75) is 53.7 Å². The summed E-state index contributed by atoms with van der Waals surface area (Å²) in [6.45, 7) is 8.53. The zero-order chi connectivity index (χ0) is 24.8. The van der Waals surface area contributed by atoms with Gasteiger partial charge in [0.2, 0.25) is 5.91 Å². The molecule has 0 radical (unpaired) electrons. The smallest absolute Gasteiger partial charge is 0.340 e. The highest BCUT2D eigenvalue weighted by molar-refractivity contribution is 5.99. The van der Waals surface area contributed by atoms with E-state index < -0.39 is 5.97 Å². The lowest BCUT2D eigenvalue weighted by Gasteiger charge is -2.20. The first-order valence-electron chi connectivity index (χ1n) is 11.5. The van der Waals surface area contributed by atoms with Gasteiger partial charge in [-0.15, -0.1) is 0 Å². The number of pyridine rings is 1. The van der Waals surface area contributed by atoms with Gasteiger partial charge in [0.25, 0.3) is 0 Å². The SMILES string of the molecule is Cc1ccc(-c2c(CN)c(CC(C)C)nc(C)c2C(=O)OCc2ccc(CC(N)=O)cc2)cc1. The molecule has 34 heavy (non-hydrogen) atoms. The Bertz CT molecular complexity index is 1170. The molecule has 3 aromatic rings. The van der Waals surface area contributed by atoms with Crippen LogP contribution in [0.3, 0.4) is 0 Å². The van der Waals surface area contributed by atoms with Crippen molar-refractivity contribution in [2.24, 2.45) is 17.4 Å². The summed E-state index contributed by atoms with van der Waals surface area (Å²) in [6, 6.07) is 15.3. The van der Waals surface area contributed by atoms with Crippen LogP contribution in [0.4, 0.5) is 0 Å². The average Bonchev–Trinajstić information content (AvgIpc) is 2.78. The van der Waals surface area contributed by atoms with E-state index in [-0.39, 0.29) is 25.5 Å². The molecule has 1 aromatic heterocycles. The fraction of sp³-hybridized carbons (Fsp3) is 0.321. The number of hydrogen-bond acceptors (Lipinski definition) is 5. The maximum Gasteiger partial charge on any atom is 0.340 e. The van der Waals surface area contributed by atoms with Crippen molar-refractivity contribution in [1.82, 2.24) is 4.98 Å². The van der Waals surface area contributed by atoms with E-state index in [2.05, 4.69) is 13.8 Å². The summed E-state index contributed by atoms with van der Waals surface area (Å²) in [4.78, 5) is 29.2. The topological polar surface area (TPSA) is 108 Å². The van der Waals surface area contributed by atoms with Crippen LogP contribution in [0.25, 0.3) is 11.1 Å². The third kappa shape index (κ3) is 6.08. The van der Waals surface area contributed by atoms with E-state index in [1.54, 1.807) is 0 Å². The second-order valence-electron chi connectivity index (χ2n) is 9.08. The number of benzene rings is 2.